The van der Waals surface area contributed by atoms with Crippen molar-refractivity contribution in [1.82, 2.24) is 0 Å². The first-order valence-corrected chi connectivity index (χ1v) is 5.59. The Balaban J connectivity index is 2.99. The minimum absolute atomic E-state index is 0.295. The number of methoxy groups -OCH3 is 2. The van der Waals surface area contributed by atoms with Crippen LogP contribution in [0.15, 0.2) is 18.2 Å². The first-order valence-electron chi connectivity index (χ1n) is 5.16. The predicted molar refractivity (Wildman–Crippen MR) is 64.8 cm³/mol. The summed E-state index contributed by atoms with van der Waals surface area (Å²) in [6.45, 7) is 2.02. The molecule has 0 amide bonds. The number of hydrogen-bond acceptors (Lipinski definition) is 4. The second kappa shape index (κ2) is 6.35. The number of halogens is 1. The van der Waals surface area contributed by atoms with Crippen LogP contribution in [0.1, 0.15) is 17.9 Å². The van der Waals surface area contributed by atoms with Crippen LogP contribution in [0.4, 0.5) is 0 Å². The van der Waals surface area contributed by atoms with Crippen LogP contribution in [0.25, 0.3) is 0 Å². The van der Waals surface area contributed by atoms with Gasteiger partial charge in [-0.2, -0.15) is 0 Å². The number of hydrogen-bond donors (Lipinski definition) is 0. The first kappa shape index (κ1) is 13.6. The molecular weight excluding hydrogens is 244 g/mol. The van der Waals surface area contributed by atoms with E-state index in [0.29, 0.717) is 23.7 Å². The molecule has 94 valence electrons. The fourth-order valence-corrected chi connectivity index (χ4v) is 1.52. The zero-order valence-corrected chi connectivity index (χ0v) is 10.8. The van der Waals surface area contributed by atoms with Gasteiger partial charge >= 0.3 is 5.97 Å². The number of rotatable bonds is 5. The minimum Gasteiger partial charge on any atom is -0.497 e. The number of esters is 1. The fraction of sp³-hybridized carbons (Fsp3) is 0.417. The number of carbonyl (C=O) groups is 1. The van der Waals surface area contributed by atoms with Crippen molar-refractivity contribution in [3.8, 4) is 11.5 Å². The maximum absolute atomic E-state index is 11.5. The lowest BCUT2D eigenvalue weighted by Crippen LogP contribution is -2.11. The smallest absolute Gasteiger partial charge is 0.328 e. The Kier molecular flexibility index (Phi) is 5.10. The molecule has 0 radical (unpaired) electrons. The molecule has 0 heterocycles. The lowest BCUT2D eigenvalue weighted by atomic mass is 10.1. The normalized spacial score (nSPS) is 11.8. The second-order valence-corrected chi connectivity index (χ2v) is 3.70. The highest BCUT2D eigenvalue weighted by molar-refractivity contribution is 6.30. The van der Waals surface area contributed by atoms with Crippen molar-refractivity contribution in [2.75, 3.05) is 20.8 Å². The molecule has 0 spiro atoms. The summed E-state index contributed by atoms with van der Waals surface area (Å²) in [7, 11) is 3.07. The molecule has 0 aliphatic rings. The third-order valence-corrected chi connectivity index (χ3v) is 2.59. The van der Waals surface area contributed by atoms with Crippen LogP contribution >= 0.6 is 11.6 Å². The van der Waals surface area contributed by atoms with Crippen molar-refractivity contribution in [3.05, 3.63) is 23.8 Å². The third kappa shape index (κ3) is 3.53. The standard InChI is InChI=1S/C12H15ClO4/c1-4-17-12(14)11(13)8-5-9(15-2)7-10(6-8)16-3/h5-7,11H,4H2,1-3H3. The summed E-state index contributed by atoms with van der Waals surface area (Å²) in [6, 6.07) is 5.06. The Morgan fingerprint density at radius 2 is 1.76 bits per heavy atom. The molecule has 5 heteroatoms. The molecule has 0 fully saturated rings. The van der Waals surface area contributed by atoms with Crippen molar-refractivity contribution < 1.29 is 19.0 Å². The monoisotopic (exact) mass is 258 g/mol. The lowest BCUT2D eigenvalue weighted by Gasteiger charge is -2.12. The molecule has 4 nitrogen and oxygen atoms in total. The Labute approximate surface area is 105 Å². The van der Waals surface area contributed by atoms with Crippen LogP contribution in [0.5, 0.6) is 11.5 Å². The van der Waals surface area contributed by atoms with E-state index in [4.69, 9.17) is 25.8 Å². The van der Waals surface area contributed by atoms with Gasteiger partial charge in [-0.15, -0.1) is 11.6 Å². The average molecular weight is 259 g/mol. The summed E-state index contributed by atoms with van der Waals surface area (Å²) in [5.74, 6) is 0.674. The van der Waals surface area contributed by atoms with E-state index in [0.717, 1.165) is 0 Å². The molecule has 0 saturated heterocycles. The van der Waals surface area contributed by atoms with Gasteiger partial charge in [-0.3, -0.25) is 4.79 Å². The van der Waals surface area contributed by atoms with Crippen molar-refractivity contribution in [2.24, 2.45) is 0 Å². The van der Waals surface area contributed by atoms with Gasteiger partial charge in [0.2, 0.25) is 0 Å². The highest BCUT2D eigenvalue weighted by Crippen LogP contribution is 2.30. The fourth-order valence-electron chi connectivity index (χ4n) is 1.33. The Morgan fingerprint density at radius 1 is 1.24 bits per heavy atom. The zero-order valence-electron chi connectivity index (χ0n) is 10.0. The van der Waals surface area contributed by atoms with Crippen LogP contribution in [0.3, 0.4) is 0 Å². The molecule has 1 unspecified atom stereocenters. The molecule has 17 heavy (non-hydrogen) atoms. The Hall–Kier alpha value is -1.42. The molecule has 1 rings (SSSR count). The topological polar surface area (TPSA) is 44.8 Å². The lowest BCUT2D eigenvalue weighted by molar-refractivity contribution is -0.142. The van der Waals surface area contributed by atoms with E-state index < -0.39 is 11.3 Å². The van der Waals surface area contributed by atoms with Gasteiger partial charge in [-0.1, -0.05) is 0 Å². The van der Waals surface area contributed by atoms with E-state index in [-0.39, 0.29) is 0 Å². The van der Waals surface area contributed by atoms with Gasteiger partial charge in [0.05, 0.1) is 20.8 Å². The van der Waals surface area contributed by atoms with Crippen molar-refractivity contribution in [3.63, 3.8) is 0 Å². The van der Waals surface area contributed by atoms with Gasteiger partial charge in [0, 0.05) is 6.07 Å². The maximum atomic E-state index is 11.5. The van der Waals surface area contributed by atoms with Crippen LogP contribution < -0.4 is 9.47 Å². The molecular formula is C12H15ClO4. The largest absolute Gasteiger partial charge is 0.497 e. The van der Waals surface area contributed by atoms with Gasteiger partial charge in [0.15, 0.2) is 5.38 Å². The molecule has 0 aliphatic carbocycles. The number of alkyl halides is 1. The first-order chi connectivity index (χ1) is 8.12. The summed E-state index contributed by atoms with van der Waals surface area (Å²) >= 11 is 6.01. The van der Waals surface area contributed by atoms with Gasteiger partial charge in [-0.25, -0.2) is 0 Å². The Bertz CT molecular complexity index is 370. The van der Waals surface area contributed by atoms with E-state index in [2.05, 4.69) is 0 Å². The summed E-state index contributed by atoms with van der Waals surface area (Å²) in [4.78, 5) is 11.5. The van der Waals surface area contributed by atoms with Crippen LogP contribution in [-0.2, 0) is 9.53 Å². The number of carbonyl (C=O) groups excluding carboxylic acids is 1. The van der Waals surface area contributed by atoms with Crippen LogP contribution in [-0.4, -0.2) is 26.8 Å². The average Bonchev–Trinajstić information content (AvgIpc) is 2.37. The van der Waals surface area contributed by atoms with E-state index >= 15 is 0 Å². The second-order valence-electron chi connectivity index (χ2n) is 3.26. The highest BCUT2D eigenvalue weighted by Gasteiger charge is 2.20. The minimum atomic E-state index is -0.862. The molecule has 1 aromatic carbocycles. The van der Waals surface area contributed by atoms with Crippen molar-refractivity contribution >= 4 is 17.6 Å². The molecule has 0 bridgehead atoms. The van der Waals surface area contributed by atoms with Crippen LogP contribution in [0, 0.1) is 0 Å². The van der Waals surface area contributed by atoms with Crippen molar-refractivity contribution in [2.45, 2.75) is 12.3 Å². The maximum Gasteiger partial charge on any atom is 0.328 e. The quantitative estimate of drug-likeness (QED) is 0.601. The van der Waals surface area contributed by atoms with Gasteiger partial charge in [0.25, 0.3) is 0 Å². The van der Waals surface area contributed by atoms with Crippen molar-refractivity contribution in [1.29, 1.82) is 0 Å². The van der Waals surface area contributed by atoms with Gasteiger partial charge < -0.3 is 14.2 Å². The zero-order chi connectivity index (χ0) is 12.8. The Morgan fingerprint density at radius 3 is 2.18 bits per heavy atom. The molecule has 0 saturated carbocycles. The summed E-state index contributed by atoms with van der Waals surface area (Å²) in [6.07, 6.45) is 0. The summed E-state index contributed by atoms with van der Waals surface area (Å²) in [5.41, 5.74) is 0.585. The SMILES string of the molecule is CCOC(=O)C(Cl)c1cc(OC)cc(OC)c1. The van der Waals surface area contributed by atoms with Gasteiger partial charge in [-0.05, 0) is 24.6 Å². The number of ether oxygens (including phenoxy) is 3. The summed E-state index contributed by atoms with van der Waals surface area (Å²) in [5, 5.41) is -0.862. The van der Waals surface area contributed by atoms with E-state index in [1.54, 1.807) is 25.1 Å². The van der Waals surface area contributed by atoms with E-state index in [9.17, 15) is 4.79 Å². The van der Waals surface area contributed by atoms with Gasteiger partial charge in [0.1, 0.15) is 11.5 Å². The molecule has 1 aromatic rings. The molecule has 0 aliphatic heterocycles. The molecule has 0 N–H and O–H groups in total. The van der Waals surface area contributed by atoms with E-state index in [1.807, 2.05) is 0 Å². The summed E-state index contributed by atoms with van der Waals surface area (Å²) < 4.78 is 15.0. The van der Waals surface area contributed by atoms with E-state index in [1.165, 1.54) is 14.2 Å². The number of benzene rings is 1. The highest BCUT2D eigenvalue weighted by atomic mass is 35.5. The van der Waals surface area contributed by atoms with Crippen LogP contribution in [0.2, 0.25) is 0 Å². The predicted octanol–water partition coefficient (Wildman–Crippen LogP) is 2.55. The molecule has 0 aromatic heterocycles. The molecule has 1 atom stereocenters. The third-order valence-electron chi connectivity index (χ3n) is 2.16.